The van der Waals surface area contributed by atoms with E-state index >= 15 is 0 Å². The summed E-state index contributed by atoms with van der Waals surface area (Å²) in [5.41, 5.74) is 3.49. The molecular formula is C18H19N5O2. The molecule has 1 fully saturated rings. The Balaban J connectivity index is 1.62. The maximum Gasteiger partial charge on any atom is 0.254 e. The number of hydrogen-bond acceptors (Lipinski definition) is 5. The molecule has 1 amide bonds. The zero-order valence-corrected chi connectivity index (χ0v) is 14.2. The van der Waals surface area contributed by atoms with Crippen LogP contribution in [0.25, 0.3) is 5.78 Å². The van der Waals surface area contributed by atoms with Crippen LogP contribution in [0.2, 0.25) is 0 Å². The number of hydrogen-bond donors (Lipinski definition) is 0. The van der Waals surface area contributed by atoms with Crippen molar-refractivity contribution in [3.63, 3.8) is 0 Å². The predicted molar refractivity (Wildman–Crippen MR) is 91.3 cm³/mol. The van der Waals surface area contributed by atoms with E-state index in [0.717, 1.165) is 17.0 Å². The number of benzene rings is 1. The normalized spacial score (nSPS) is 17.8. The van der Waals surface area contributed by atoms with E-state index in [-0.39, 0.29) is 12.0 Å². The summed E-state index contributed by atoms with van der Waals surface area (Å²) in [6.07, 6.45) is 1.22. The largest absolute Gasteiger partial charge is 0.368 e. The molecule has 0 N–H and O–H groups in total. The van der Waals surface area contributed by atoms with Crippen molar-refractivity contribution in [1.29, 1.82) is 0 Å². The summed E-state index contributed by atoms with van der Waals surface area (Å²) in [7, 11) is 0. The van der Waals surface area contributed by atoms with Gasteiger partial charge in [0.2, 0.25) is 0 Å². The van der Waals surface area contributed by atoms with Crippen LogP contribution in [-0.2, 0) is 4.74 Å². The molecular weight excluding hydrogens is 318 g/mol. The van der Waals surface area contributed by atoms with Crippen molar-refractivity contribution in [3.05, 3.63) is 59.2 Å². The fraction of sp³-hybridized carbons (Fsp3) is 0.333. The summed E-state index contributed by atoms with van der Waals surface area (Å²) >= 11 is 0. The Kier molecular flexibility index (Phi) is 3.93. The number of aromatic nitrogens is 4. The van der Waals surface area contributed by atoms with Crippen LogP contribution < -0.4 is 0 Å². The first kappa shape index (κ1) is 15.7. The van der Waals surface area contributed by atoms with Gasteiger partial charge in [-0.1, -0.05) is 17.7 Å². The second-order valence-electron chi connectivity index (χ2n) is 6.27. The number of aryl methyl sites for hydroxylation is 2. The first-order valence-corrected chi connectivity index (χ1v) is 8.26. The van der Waals surface area contributed by atoms with Gasteiger partial charge < -0.3 is 9.64 Å². The first-order valence-electron chi connectivity index (χ1n) is 8.26. The highest BCUT2D eigenvalue weighted by Crippen LogP contribution is 2.24. The van der Waals surface area contributed by atoms with Crippen molar-refractivity contribution in [3.8, 4) is 0 Å². The number of nitrogens with zero attached hydrogens (tertiary/aromatic N) is 5. The summed E-state index contributed by atoms with van der Waals surface area (Å²) in [6, 6.07) is 9.60. The average Bonchev–Trinajstić information content (AvgIpc) is 3.08. The maximum atomic E-state index is 12.8. The third-order valence-corrected chi connectivity index (χ3v) is 4.36. The van der Waals surface area contributed by atoms with Crippen molar-refractivity contribution in [2.24, 2.45) is 0 Å². The molecule has 3 aromatic rings. The zero-order chi connectivity index (χ0) is 17.4. The van der Waals surface area contributed by atoms with Crippen LogP contribution in [0.15, 0.2) is 36.7 Å². The van der Waals surface area contributed by atoms with Gasteiger partial charge in [0, 0.05) is 17.8 Å². The summed E-state index contributed by atoms with van der Waals surface area (Å²) < 4.78 is 7.61. The highest BCUT2D eigenvalue weighted by molar-refractivity contribution is 5.94. The summed E-state index contributed by atoms with van der Waals surface area (Å²) in [5.74, 6) is 0.568. The van der Waals surface area contributed by atoms with E-state index in [2.05, 4.69) is 15.1 Å². The Bertz CT molecular complexity index is 936. The lowest BCUT2D eigenvalue weighted by molar-refractivity contribution is -0.0257. The van der Waals surface area contributed by atoms with Crippen LogP contribution >= 0.6 is 0 Å². The number of rotatable bonds is 2. The van der Waals surface area contributed by atoms with Crippen molar-refractivity contribution in [2.75, 3.05) is 19.7 Å². The van der Waals surface area contributed by atoms with Gasteiger partial charge in [0.1, 0.15) is 12.4 Å². The molecule has 1 unspecified atom stereocenters. The van der Waals surface area contributed by atoms with Crippen molar-refractivity contribution < 1.29 is 9.53 Å². The van der Waals surface area contributed by atoms with Gasteiger partial charge in [-0.05, 0) is 32.0 Å². The molecule has 7 nitrogen and oxygen atoms in total. The lowest BCUT2D eigenvalue weighted by Crippen LogP contribution is -2.42. The Morgan fingerprint density at radius 3 is 3.00 bits per heavy atom. The van der Waals surface area contributed by atoms with Crippen LogP contribution in [0.5, 0.6) is 0 Å². The summed E-state index contributed by atoms with van der Waals surface area (Å²) in [4.78, 5) is 23.2. The van der Waals surface area contributed by atoms with Crippen molar-refractivity contribution in [1.82, 2.24) is 24.5 Å². The minimum atomic E-state index is -0.256. The van der Waals surface area contributed by atoms with Crippen molar-refractivity contribution >= 4 is 11.7 Å². The topological polar surface area (TPSA) is 72.6 Å². The van der Waals surface area contributed by atoms with Crippen LogP contribution in [0.3, 0.4) is 0 Å². The average molecular weight is 337 g/mol. The Morgan fingerprint density at radius 1 is 1.28 bits per heavy atom. The second-order valence-corrected chi connectivity index (χ2v) is 6.27. The summed E-state index contributed by atoms with van der Waals surface area (Å²) in [6.45, 7) is 5.44. The molecule has 0 bridgehead atoms. The minimum absolute atomic E-state index is 0.0256. The molecule has 1 aliphatic rings. The van der Waals surface area contributed by atoms with E-state index in [1.165, 1.54) is 6.33 Å². The molecule has 1 atom stereocenters. The Morgan fingerprint density at radius 2 is 2.16 bits per heavy atom. The molecule has 1 saturated heterocycles. The molecule has 25 heavy (non-hydrogen) atoms. The highest BCUT2D eigenvalue weighted by atomic mass is 16.5. The number of morpholine rings is 1. The SMILES string of the molecule is Cc1cccc(C(=O)N2CCOC(c3cc(C)nc4ncnn34)C2)c1. The quantitative estimate of drug-likeness (QED) is 0.715. The molecule has 0 spiro atoms. The van der Waals surface area contributed by atoms with Crippen LogP contribution in [0.4, 0.5) is 0 Å². The maximum absolute atomic E-state index is 12.8. The summed E-state index contributed by atoms with van der Waals surface area (Å²) in [5, 5.41) is 4.23. The molecule has 1 aliphatic heterocycles. The van der Waals surface area contributed by atoms with Gasteiger partial charge in [-0.3, -0.25) is 4.79 Å². The molecule has 7 heteroatoms. The number of carbonyl (C=O) groups excluding carboxylic acids is 1. The molecule has 2 aromatic heterocycles. The minimum Gasteiger partial charge on any atom is -0.368 e. The second kappa shape index (κ2) is 6.25. The van der Waals surface area contributed by atoms with Gasteiger partial charge in [0.25, 0.3) is 11.7 Å². The fourth-order valence-corrected chi connectivity index (χ4v) is 3.16. The van der Waals surface area contributed by atoms with E-state index in [4.69, 9.17) is 4.74 Å². The van der Waals surface area contributed by atoms with Crippen molar-refractivity contribution in [2.45, 2.75) is 20.0 Å². The molecule has 3 heterocycles. The Labute approximate surface area is 145 Å². The smallest absolute Gasteiger partial charge is 0.254 e. The van der Waals surface area contributed by atoms with Crippen LogP contribution in [0, 0.1) is 13.8 Å². The van der Waals surface area contributed by atoms with Gasteiger partial charge in [-0.15, -0.1) is 0 Å². The molecule has 0 saturated carbocycles. The van der Waals surface area contributed by atoms with Gasteiger partial charge in [-0.25, -0.2) is 4.98 Å². The van der Waals surface area contributed by atoms with E-state index < -0.39 is 0 Å². The van der Waals surface area contributed by atoms with Gasteiger partial charge >= 0.3 is 0 Å². The lowest BCUT2D eigenvalue weighted by Gasteiger charge is -2.33. The van der Waals surface area contributed by atoms with Gasteiger partial charge in [0.05, 0.1) is 18.8 Å². The number of fused-ring (bicyclic) bond motifs is 1. The van der Waals surface area contributed by atoms with Gasteiger partial charge in [-0.2, -0.15) is 14.6 Å². The zero-order valence-electron chi connectivity index (χ0n) is 14.2. The van der Waals surface area contributed by atoms with E-state index in [1.807, 2.05) is 49.1 Å². The Hall–Kier alpha value is -2.80. The van der Waals surface area contributed by atoms with Crippen LogP contribution in [-0.4, -0.2) is 50.1 Å². The number of ether oxygens (including phenoxy) is 1. The fourth-order valence-electron chi connectivity index (χ4n) is 3.16. The molecule has 128 valence electrons. The number of carbonyl (C=O) groups is 1. The molecule has 4 rings (SSSR count). The van der Waals surface area contributed by atoms with Crippen LogP contribution in [0.1, 0.15) is 33.4 Å². The number of amides is 1. The third-order valence-electron chi connectivity index (χ3n) is 4.36. The molecule has 0 radical (unpaired) electrons. The van der Waals surface area contributed by atoms with E-state index in [9.17, 15) is 4.79 Å². The van der Waals surface area contributed by atoms with E-state index in [1.54, 1.807) is 4.52 Å². The highest BCUT2D eigenvalue weighted by Gasteiger charge is 2.28. The van der Waals surface area contributed by atoms with Gasteiger partial charge in [0.15, 0.2) is 0 Å². The van der Waals surface area contributed by atoms with E-state index in [0.29, 0.717) is 31.0 Å². The molecule has 0 aliphatic carbocycles. The standard InChI is InChI=1S/C18H19N5O2/c1-12-4-3-5-14(8-12)17(24)22-6-7-25-16(10-22)15-9-13(2)21-18-19-11-20-23(15)18/h3-5,8-9,11,16H,6-7,10H2,1-2H3. The first-order chi connectivity index (χ1) is 12.1. The molecule has 1 aromatic carbocycles. The predicted octanol–water partition coefficient (Wildman–Crippen LogP) is 1.95. The monoisotopic (exact) mass is 337 g/mol. The third kappa shape index (κ3) is 2.98. The lowest BCUT2D eigenvalue weighted by atomic mass is 10.1.